The molecular formula is C12H15Cl2NO. The van der Waals surface area contributed by atoms with Gasteiger partial charge in [-0.2, -0.15) is 0 Å². The van der Waals surface area contributed by atoms with Gasteiger partial charge in [0, 0.05) is 6.07 Å². The Labute approximate surface area is 106 Å². The molecule has 88 valence electrons. The fraction of sp³-hybridized carbons (Fsp3) is 0.500. The van der Waals surface area contributed by atoms with E-state index in [0.29, 0.717) is 10.0 Å². The van der Waals surface area contributed by atoms with Crippen molar-refractivity contribution in [3.8, 4) is 5.75 Å². The lowest BCUT2D eigenvalue weighted by Crippen LogP contribution is -2.43. The number of piperidine rings is 1. The molecule has 1 aliphatic heterocycles. The molecule has 2 rings (SSSR count). The van der Waals surface area contributed by atoms with Crippen LogP contribution in [-0.2, 0) is 0 Å². The molecule has 0 radical (unpaired) electrons. The number of hydrogen-bond donors (Lipinski definition) is 1. The minimum absolute atomic E-state index is 0.0948. The minimum atomic E-state index is -0.0948. The van der Waals surface area contributed by atoms with Crippen molar-refractivity contribution in [3.63, 3.8) is 0 Å². The Morgan fingerprint density at radius 2 is 1.88 bits per heavy atom. The second-order valence-electron chi connectivity index (χ2n) is 4.38. The van der Waals surface area contributed by atoms with Gasteiger partial charge in [-0.15, -0.1) is 0 Å². The van der Waals surface area contributed by atoms with Crippen LogP contribution in [0.2, 0.25) is 10.0 Å². The summed E-state index contributed by atoms with van der Waals surface area (Å²) in [6.45, 7) is 4.13. The summed E-state index contributed by atoms with van der Waals surface area (Å²) in [6.07, 6.45) is 2.01. The number of ether oxygens (including phenoxy) is 1. The van der Waals surface area contributed by atoms with E-state index < -0.39 is 0 Å². The maximum absolute atomic E-state index is 6.00. The van der Waals surface area contributed by atoms with Gasteiger partial charge >= 0.3 is 0 Å². The van der Waals surface area contributed by atoms with Gasteiger partial charge in [-0.3, -0.25) is 0 Å². The highest BCUT2D eigenvalue weighted by atomic mass is 35.5. The molecule has 4 heteroatoms. The molecule has 0 aromatic heterocycles. The fourth-order valence-electron chi connectivity index (χ4n) is 1.88. The highest BCUT2D eigenvalue weighted by Gasteiger charge is 2.28. The van der Waals surface area contributed by atoms with Gasteiger partial charge < -0.3 is 10.1 Å². The van der Waals surface area contributed by atoms with Crippen molar-refractivity contribution in [1.29, 1.82) is 0 Å². The number of benzene rings is 1. The molecule has 1 heterocycles. The van der Waals surface area contributed by atoms with Crippen molar-refractivity contribution in [3.05, 3.63) is 28.2 Å². The summed E-state index contributed by atoms with van der Waals surface area (Å²) >= 11 is 11.8. The zero-order valence-corrected chi connectivity index (χ0v) is 10.7. The highest BCUT2D eigenvalue weighted by molar-refractivity contribution is 6.42. The Balaban J connectivity index is 2.10. The zero-order valence-electron chi connectivity index (χ0n) is 9.22. The van der Waals surface area contributed by atoms with Crippen LogP contribution in [0.4, 0.5) is 0 Å². The minimum Gasteiger partial charge on any atom is -0.487 e. The van der Waals surface area contributed by atoms with Crippen LogP contribution >= 0.6 is 23.2 Å². The van der Waals surface area contributed by atoms with Crippen LogP contribution in [0.5, 0.6) is 5.75 Å². The number of nitrogens with one attached hydrogen (secondary N) is 1. The van der Waals surface area contributed by atoms with Crippen molar-refractivity contribution < 1.29 is 4.74 Å². The predicted molar refractivity (Wildman–Crippen MR) is 67.6 cm³/mol. The van der Waals surface area contributed by atoms with Gasteiger partial charge in [-0.25, -0.2) is 0 Å². The number of halogens is 2. The summed E-state index contributed by atoms with van der Waals surface area (Å²) in [5.74, 6) is 0.791. The van der Waals surface area contributed by atoms with Crippen LogP contribution in [0.1, 0.15) is 19.8 Å². The lowest BCUT2D eigenvalue weighted by Gasteiger charge is -2.34. The van der Waals surface area contributed by atoms with Gasteiger partial charge in [-0.1, -0.05) is 23.2 Å². The van der Waals surface area contributed by atoms with Crippen LogP contribution in [0.15, 0.2) is 18.2 Å². The largest absolute Gasteiger partial charge is 0.487 e. The van der Waals surface area contributed by atoms with Gasteiger partial charge in [0.15, 0.2) is 0 Å². The van der Waals surface area contributed by atoms with E-state index in [9.17, 15) is 0 Å². The molecule has 1 aromatic carbocycles. The van der Waals surface area contributed by atoms with Gasteiger partial charge in [0.2, 0.25) is 0 Å². The first kappa shape index (κ1) is 12.0. The van der Waals surface area contributed by atoms with E-state index in [1.807, 2.05) is 6.07 Å². The molecule has 1 N–H and O–H groups in total. The summed E-state index contributed by atoms with van der Waals surface area (Å²) in [7, 11) is 0. The molecular weight excluding hydrogens is 245 g/mol. The van der Waals surface area contributed by atoms with Crippen LogP contribution < -0.4 is 10.1 Å². The quantitative estimate of drug-likeness (QED) is 0.878. The van der Waals surface area contributed by atoms with Gasteiger partial charge in [0.1, 0.15) is 11.4 Å². The second kappa shape index (κ2) is 4.82. The predicted octanol–water partition coefficient (Wildman–Crippen LogP) is 3.51. The number of rotatable bonds is 2. The molecule has 1 fully saturated rings. The monoisotopic (exact) mass is 259 g/mol. The molecule has 1 aliphatic rings. The van der Waals surface area contributed by atoms with E-state index in [0.717, 1.165) is 31.7 Å². The van der Waals surface area contributed by atoms with Crippen LogP contribution in [0.25, 0.3) is 0 Å². The topological polar surface area (TPSA) is 21.3 Å². The Hall–Kier alpha value is -0.440. The average Bonchev–Trinajstić information content (AvgIpc) is 2.24. The van der Waals surface area contributed by atoms with E-state index in [-0.39, 0.29) is 5.60 Å². The van der Waals surface area contributed by atoms with Crippen molar-refractivity contribution in [2.45, 2.75) is 25.4 Å². The smallest absolute Gasteiger partial charge is 0.121 e. The maximum Gasteiger partial charge on any atom is 0.121 e. The molecule has 1 saturated heterocycles. The Kier molecular flexibility index (Phi) is 3.63. The van der Waals surface area contributed by atoms with Crippen LogP contribution in [0, 0.1) is 0 Å². The van der Waals surface area contributed by atoms with Crippen molar-refractivity contribution in [2.75, 3.05) is 13.1 Å². The van der Waals surface area contributed by atoms with Crippen molar-refractivity contribution in [2.24, 2.45) is 0 Å². The van der Waals surface area contributed by atoms with Crippen molar-refractivity contribution in [1.82, 2.24) is 5.32 Å². The lowest BCUT2D eigenvalue weighted by molar-refractivity contribution is 0.0556. The maximum atomic E-state index is 6.00. The van der Waals surface area contributed by atoms with Crippen LogP contribution in [-0.4, -0.2) is 18.7 Å². The molecule has 0 atom stereocenters. The molecule has 16 heavy (non-hydrogen) atoms. The lowest BCUT2D eigenvalue weighted by atomic mass is 9.94. The van der Waals surface area contributed by atoms with E-state index in [1.54, 1.807) is 12.1 Å². The fourth-order valence-corrected chi connectivity index (χ4v) is 2.17. The van der Waals surface area contributed by atoms with E-state index in [2.05, 4.69) is 12.2 Å². The average molecular weight is 260 g/mol. The summed E-state index contributed by atoms with van der Waals surface area (Å²) in [6, 6.07) is 5.41. The van der Waals surface area contributed by atoms with E-state index in [1.165, 1.54) is 0 Å². The third-order valence-corrected chi connectivity index (χ3v) is 3.66. The summed E-state index contributed by atoms with van der Waals surface area (Å²) < 4.78 is 6.00. The summed E-state index contributed by atoms with van der Waals surface area (Å²) in [4.78, 5) is 0. The molecule has 0 unspecified atom stereocenters. The van der Waals surface area contributed by atoms with Crippen molar-refractivity contribution >= 4 is 23.2 Å². The Morgan fingerprint density at radius 3 is 2.50 bits per heavy atom. The molecule has 0 amide bonds. The zero-order chi connectivity index (χ0) is 11.6. The first-order valence-electron chi connectivity index (χ1n) is 5.44. The van der Waals surface area contributed by atoms with E-state index >= 15 is 0 Å². The molecule has 0 bridgehead atoms. The Bertz CT molecular complexity index is 375. The van der Waals surface area contributed by atoms with Crippen LogP contribution in [0.3, 0.4) is 0 Å². The molecule has 1 aromatic rings. The summed E-state index contributed by atoms with van der Waals surface area (Å²) in [5.41, 5.74) is -0.0948. The second-order valence-corrected chi connectivity index (χ2v) is 5.19. The highest BCUT2D eigenvalue weighted by Crippen LogP contribution is 2.31. The first-order valence-corrected chi connectivity index (χ1v) is 6.19. The summed E-state index contributed by atoms with van der Waals surface area (Å²) in [5, 5.41) is 4.42. The first-order chi connectivity index (χ1) is 7.59. The number of hydrogen-bond acceptors (Lipinski definition) is 2. The normalized spacial score (nSPS) is 19.4. The van der Waals surface area contributed by atoms with Gasteiger partial charge in [0.05, 0.1) is 10.0 Å². The standard InChI is InChI=1S/C12H15Cl2NO/c1-12(4-6-15-7-5-12)16-9-2-3-10(13)11(14)8-9/h2-3,8,15H,4-7H2,1H3. The molecule has 2 nitrogen and oxygen atoms in total. The molecule has 0 spiro atoms. The molecule has 0 aliphatic carbocycles. The van der Waals surface area contributed by atoms with Gasteiger partial charge in [0.25, 0.3) is 0 Å². The third-order valence-electron chi connectivity index (χ3n) is 2.92. The third kappa shape index (κ3) is 2.82. The Morgan fingerprint density at radius 1 is 1.19 bits per heavy atom. The van der Waals surface area contributed by atoms with E-state index in [4.69, 9.17) is 27.9 Å². The molecule has 0 saturated carbocycles. The van der Waals surface area contributed by atoms with Gasteiger partial charge in [-0.05, 0) is 45.0 Å². The SMILES string of the molecule is CC1(Oc2ccc(Cl)c(Cl)c2)CCNCC1.